The Morgan fingerprint density at radius 1 is 1.35 bits per heavy atom. The first-order valence-electron chi connectivity index (χ1n) is 6.69. The number of benzene rings is 1. The average molecular weight is 281 g/mol. The standard InChI is InChI=1S/C14H16FNO4/c15-12-8-11(6-7-13(12)16(18)19)14(17)20-9-10-4-2-1-3-5-10/h6-8,10H,1-5,9H2. The molecule has 1 aromatic rings. The van der Waals surface area contributed by atoms with E-state index in [1.54, 1.807) is 0 Å². The molecule has 0 aromatic heterocycles. The minimum absolute atomic E-state index is 0.00362. The van der Waals surface area contributed by atoms with Crippen LogP contribution in [0.25, 0.3) is 0 Å². The normalized spacial score (nSPS) is 15.8. The lowest BCUT2D eigenvalue weighted by molar-refractivity contribution is -0.387. The SMILES string of the molecule is O=C(OCC1CCCCC1)c1ccc([N+](=O)[O-])c(F)c1. The van der Waals surface area contributed by atoms with Crippen LogP contribution in [0, 0.1) is 21.8 Å². The molecule has 0 bridgehead atoms. The summed E-state index contributed by atoms with van der Waals surface area (Å²) in [6, 6.07) is 3.04. The van der Waals surface area contributed by atoms with Crippen LogP contribution in [0.15, 0.2) is 18.2 Å². The molecule has 1 saturated carbocycles. The van der Waals surface area contributed by atoms with E-state index in [0.717, 1.165) is 37.8 Å². The maximum Gasteiger partial charge on any atom is 0.338 e. The van der Waals surface area contributed by atoms with Gasteiger partial charge in [0.1, 0.15) is 0 Å². The smallest absolute Gasteiger partial charge is 0.338 e. The molecular weight excluding hydrogens is 265 g/mol. The molecule has 0 amide bonds. The van der Waals surface area contributed by atoms with Gasteiger partial charge >= 0.3 is 11.7 Å². The first-order valence-corrected chi connectivity index (χ1v) is 6.69. The maximum atomic E-state index is 13.4. The van der Waals surface area contributed by atoms with Gasteiger partial charge in [-0.05, 0) is 30.9 Å². The van der Waals surface area contributed by atoms with Crippen molar-refractivity contribution < 1.29 is 18.8 Å². The maximum absolute atomic E-state index is 13.4. The van der Waals surface area contributed by atoms with Gasteiger partial charge in [-0.1, -0.05) is 19.3 Å². The van der Waals surface area contributed by atoms with Crippen molar-refractivity contribution in [2.45, 2.75) is 32.1 Å². The molecule has 0 atom stereocenters. The second kappa shape index (κ2) is 6.45. The Bertz CT molecular complexity index is 512. The number of hydrogen-bond donors (Lipinski definition) is 0. The fourth-order valence-corrected chi connectivity index (χ4v) is 2.41. The lowest BCUT2D eigenvalue weighted by atomic mass is 9.90. The van der Waals surface area contributed by atoms with E-state index in [1.807, 2.05) is 0 Å². The second-order valence-electron chi connectivity index (χ2n) is 5.03. The zero-order valence-corrected chi connectivity index (χ0v) is 11.0. The fraction of sp³-hybridized carbons (Fsp3) is 0.500. The van der Waals surface area contributed by atoms with E-state index >= 15 is 0 Å². The van der Waals surface area contributed by atoms with Gasteiger partial charge in [0.2, 0.25) is 5.82 Å². The summed E-state index contributed by atoms with van der Waals surface area (Å²) in [5.74, 6) is -1.29. The van der Waals surface area contributed by atoms with Crippen LogP contribution in [0.1, 0.15) is 42.5 Å². The molecule has 20 heavy (non-hydrogen) atoms. The first-order chi connectivity index (χ1) is 9.58. The topological polar surface area (TPSA) is 69.4 Å². The van der Waals surface area contributed by atoms with E-state index in [1.165, 1.54) is 12.5 Å². The summed E-state index contributed by atoms with van der Waals surface area (Å²) in [7, 11) is 0. The summed E-state index contributed by atoms with van der Waals surface area (Å²) in [4.78, 5) is 21.4. The monoisotopic (exact) mass is 281 g/mol. The number of nitrogens with zero attached hydrogens (tertiary/aromatic N) is 1. The van der Waals surface area contributed by atoms with Crippen molar-refractivity contribution >= 4 is 11.7 Å². The first kappa shape index (κ1) is 14.4. The van der Waals surface area contributed by atoms with E-state index in [2.05, 4.69) is 0 Å². The molecule has 1 aliphatic rings. The van der Waals surface area contributed by atoms with Gasteiger partial charge in [0, 0.05) is 6.07 Å². The van der Waals surface area contributed by atoms with Crippen LogP contribution >= 0.6 is 0 Å². The van der Waals surface area contributed by atoms with Crippen molar-refractivity contribution in [2.24, 2.45) is 5.92 Å². The highest BCUT2D eigenvalue weighted by Crippen LogP contribution is 2.24. The summed E-state index contributed by atoms with van der Waals surface area (Å²) in [5.41, 5.74) is -0.641. The van der Waals surface area contributed by atoms with Crippen LogP contribution in [0.3, 0.4) is 0 Å². The van der Waals surface area contributed by atoms with E-state index in [0.29, 0.717) is 12.5 Å². The van der Waals surface area contributed by atoms with Crippen molar-refractivity contribution in [1.29, 1.82) is 0 Å². The second-order valence-corrected chi connectivity index (χ2v) is 5.03. The number of hydrogen-bond acceptors (Lipinski definition) is 4. The van der Waals surface area contributed by atoms with E-state index in [-0.39, 0.29) is 5.56 Å². The Morgan fingerprint density at radius 3 is 2.65 bits per heavy atom. The zero-order chi connectivity index (χ0) is 14.5. The average Bonchev–Trinajstić information content (AvgIpc) is 2.45. The Labute approximate surface area is 115 Å². The number of halogens is 1. The molecule has 2 rings (SSSR count). The van der Waals surface area contributed by atoms with Gasteiger partial charge in [-0.15, -0.1) is 0 Å². The molecule has 1 fully saturated rings. The highest BCUT2D eigenvalue weighted by Gasteiger charge is 2.19. The summed E-state index contributed by atoms with van der Waals surface area (Å²) in [5, 5.41) is 10.5. The number of nitro groups is 1. The number of nitro benzene ring substituents is 1. The van der Waals surface area contributed by atoms with Gasteiger partial charge in [0.15, 0.2) is 0 Å². The molecule has 0 heterocycles. The number of esters is 1. The van der Waals surface area contributed by atoms with Crippen LogP contribution in [0.2, 0.25) is 0 Å². The predicted octanol–water partition coefficient (Wildman–Crippen LogP) is 3.47. The molecule has 0 N–H and O–H groups in total. The lowest BCUT2D eigenvalue weighted by Crippen LogP contribution is -2.17. The van der Waals surface area contributed by atoms with Crippen LogP contribution in [0.5, 0.6) is 0 Å². The third-order valence-corrected chi connectivity index (χ3v) is 3.55. The van der Waals surface area contributed by atoms with E-state index in [4.69, 9.17) is 4.74 Å². The molecule has 0 spiro atoms. The van der Waals surface area contributed by atoms with E-state index in [9.17, 15) is 19.3 Å². The van der Waals surface area contributed by atoms with Crippen molar-refractivity contribution in [3.05, 3.63) is 39.7 Å². The minimum atomic E-state index is -1.03. The molecular formula is C14H16FNO4. The third-order valence-electron chi connectivity index (χ3n) is 3.55. The van der Waals surface area contributed by atoms with Gasteiger partial charge in [-0.3, -0.25) is 10.1 Å². The van der Waals surface area contributed by atoms with Gasteiger partial charge in [0.25, 0.3) is 0 Å². The third kappa shape index (κ3) is 3.53. The lowest BCUT2D eigenvalue weighted by Gasteiger charge is -2.20. The number of ether oxygens (including phenoxy) is 1. The predicted molar refractivity (Wildman–Crippen MR) is 69.9 cm³/mol. The molecule has 1 aromatic carbocycles. The van der Waals surface area contributed by atoms with Crippen molar-refractivity contribution in [1.82, 2.24) is 0 Å². The number of carbonyl (C=O) groups excluding carboxylic acids is 1. The summed E-state index contributed by atoms with van der Waals surface area (Å²) >= 11 is 0. The van der Waals surface area contributed by atoms with Crippen LogP contribution in [-0.4, -0.2) is 17.5 Å². The van der Waals surface area contributed by atoms with Crippen LogP contribution in [-0.2, 0) is 4.74 Å². The molecule has 5 nitrogen and oxygen atoms in total. The number of carbonyl (C=O) groups is 1. The molecule has 0 aliphatic heterocycles. The fourth-order valence-electron chi connectivity index (χ4n) is 2.41. The van der Waals surface area contributed by atoms with Crippen molar-refractivity contribution in [3.63, 3.8) is 0 Å². The van der Waals surface area contributed by atoms with Crippen LogP contribution in [0.4, 0.5) is 10.1 Å². The molecule has 0 saturated heterocycles. The van der Waals surface area contributed by atoms with Gasteiger partial charge in [0.05, 0.1) is 17.1 Å². The largest absolute Gasteiger partial charge is 0.462 e. The molecule has 1 aliphatic carbocycles. The highest BCUT2D eigenvalue weighted by molar-refractivity contribution is 5.89. The van der Waals surface area contributed by atoms with Gasteiger partial charge < -0.3 is 4.74 Å². The van der Waals surface area contributed by atoms with Gasteiger partial charge in [-0.2, -0.15) is 4.39 Å². The Hall–Kier alpha value is -1.98. The molecule has 108 valence electrons. The Kier molecular flexibility index (Phi) is 4.65. The Morgan fingerprint density at radius 2 is 2.05 bits per heavy atom. The number of rotatable bonds is 4. The zero-order valence-electron chi connectivity index (χ0n) is 11.0. The molecule has 6 heteroatoms. The Balaban J connectivity index is 1.95. The summed E-state index contributed by atoms with van der Waals surface area (Å²) in [6.07, 6.45) is 5.60. The van der Waals surface area contributed by atoms with Crippen LogP contribution < -0.4 is 0 Å². The minimum Gasteiger partial charge on any atom is -0.462 e. The molecule has 0 radical (unpaired) electrons. The highest BCUT2D eigenvalue weighted by atomic mass is 19.1. The van der Waals surface area contributed by atoms with E-state index < -0.39 is 22.4 Å². The van der Waals surface area contributed by atoms with Gasteiger partial charge in [-0.25, -0.2) is 4.79 Å². The quantitative estimate of drug-likeness (QED) is 0.481. The van der Waals surface area contributed by atoms with Crippen molar-refractivity contribution in [2.75, 3.05) is 6.61 Å². The summed E-state index contributed by atoms with van der Waals surface area (Å²) in [6.45, 7) is 0.331. The molecule has 0 unspecified atom stereocenters. The van der Waals surface area contributed by atoms with Crippen molar-refractivity contribution in [3.8, 4) is 0 Å². The summed E-state index contributed by atoms with van der Waals surface area (Å²) < 4.78 is 18.6.